The molecule has 0 aliphatic carbocycles. The number of H-pyrrole nitrogens is 1. The number of nitrogens with zero attached hydrogens (tertiary/aromatic N) is 4. The molecule has 0 saturated carbocycles. The lowest BCUT2D eigenvalue weighted by molar-refractivity contribution is 0.0130. The number of fused-ring (bicyclic) bond motifs is 1. The van der Waals surface area contributed by atoms with Gasteiger partial charge in [0, 0.05) is 34.9 Å². The first kappa shape index (κ1) is 18.2. The van der Waals surface area contributed by atoms with E-state index < -0.39 is 5.60 Å². The topological polar surface area (TPSA) is 74.4 Å². The van der Waals surface area contributed by atoms with Crippen LogP contribution in [-0.2, 0) is 4.74 Å². The summed E-state index contributed by atoms with van der Waals surface area (Å²) in [5.41, 5.74) is 0.348. The van der Waals surface area contributed by atoms with Gasteiger partial charge in [0.1, 0.15) is 23.4 Å². The van der Waals surface area contributed by atoms with Crippen LogP contribution in [0.4, 0.5) is 10.6 Å². The highest BCUT2D eigenvalue weighted by Crippen LogP contribution is 2.31. The average Bonchev–Trinajstić information content (AvgIpc) is 2.89. The van der Waals surface area contributed by atoms with Gasteiger partial charge in [0.25, 0.3) is 0 Å². The summed E-state index contributed by atoms with van der Waals surface area (Å²) in [6, 6.07) is 0.167. The Kier molecular flexibility index (Phi) is 4.82. The Labute approximate surface area is 161 Å². The summed E-state index contributed by atoms with van der Waals surface area (Å²) in [5, 5.41) is 1.04. The van der Waals surface area contributed by atoms with Crippen LogP contribution in [-0.4, -0.2) is 56.7 Å². The predicted octanol–water partition coefficient (Wildman–Crippen LogP) is 3.40. The van der Waals surface area contributed by atoms with Gasteiger partial charge in [-0.1, -0.05) is 0 Å². The molecule has 0 radical (unpaired) electrons. The maximum Gasteiger partial charge on any atom is 0.410 e. The lowest BCUT2D eigenvalue weighted by Crippen LogP contribution is -2.59. The van der Waals surface area contributed by atoms with E-state index in [2.05, 4.69) is 49.4 Å². The zero-order valence-electron chi connectivity index (χ0n) is 15.2. The van der Waals surface area contributed by atoms with Gasteiger partial charge in [-0.15, -0.1) is 0 Å². The number of anilines is 1. The van der Waals surface area contributed by atoms with E-state index in [4.69, 9.17) is 4.74 Å². The van der Waals surface area contributed by atoms with Gasteiger partial charge in [-0.2, -0.15) is 0 Å². The Bertz CT molecular complexity index is 785. The largest absolute Gasteiger partial charge is 0.444 e. The van der Waals surface area contributed by atoms with Crippen LogP contribution in [0.15, 0.2) is 12.5 Å². The predicted molar refractivity (Wildman–Crippen MR) is 106 cm³/mol. The van der Waals surface area contributed by atoms with Crippen LogP contribution in [0.5, 0.6) is 0 Å². The van der Waals surface area contributed by atoms with Crippen molar-refractivity contribution in [2.75, 3.05) is 18.0 Å². The number of halogens is 1. The number of carbonyl (C=O) groups excluding carboxylic acids is 1. The van der Waals surface area contributed by atoms with Gasteiger partial charge in [0.05, 0.1) is 5.39 Å². The van der Waals surface area contributed by atoms with Crippen LogP contribution in [0.3, 0.4) is 0 Å². The van der Waals surface area contributed by atoms with Crippen molar-refractivity contribution in [1.82, 2.24) is 19.9 Å². The molecule has 136 valence electrons. The Morgan fingerprint density at radius 2 is 2.00 bits per heavy atom. The first-order chi connectivity index (χ1) is 11.7. The minimum Gasteiger partial charge on any atom is -0.444 e. The number of aromatic nitrogens is 3. The number of nitrogens with one attached hydrogen (secondary N) is 1. The van der Waals surface area contributed by atoms with Gasteiger partial charge >= 0.3 is 6.09 Å². The maximum absolute atomic E-state index is 12.5. The summed E-state index contributed by atoms with van der Waals surface area (Å²) in [6.07, 6.45) is 3.27. The molecule has 0 bridgehead atoms. The summed E-state index contributed by atoms with van der Waals surface area (Å²) < 4.78 is 6.65. The van der Waals surface area contributed by atoms with E-state index in [1.807, 2.05) is 38.8 Å². The molecule has 0 unspecified atom stereocenters. The van der Waals surface area contributed by atoms with Gasteiger partial charge in [-0.05, 0) is 57.2 Å². The summed E-state index contributed by atoms with van der Waals surface area (Å²) in [7, 11) is 0. The summed E-state index contributed by atoms with van der Waals surface area (Å²) in [4.78, 5) is 28.6. The highest BCUT2D eigenvalue weighted by atomic mass is 127. The molecule has 1 amide bonds. The van der Waals surface area contributed by atoms with Crippen LogP contribution in [0, 0.1) is 3.57 Å². The third-order valence-corrected chi connectivity index (χ3v) is 5.14. The SMILES string of the molecule is C[C@@H]1CN(c2ncnc3[nH]cc(I)c23)[C@@H](C)CN1C(=O)OC(C)(C)C. The molecule has 2 atom stereocenters. The van der Waals surface area contributed by atoms with E-state index in [1.165, 1.54) is 0 Å². The number of hydrogen-bond donors (Lipinski definition) is 1. The van der Waals surface area contributed by atoms with Crippen molar-refractivity contribution in [3.8, 4) is 0 Å². The highest BCUT2D eigenvalue weighted by Gasteiger charge is 2.35. The van der Waals surface area contributed by atoms with Crippen LogP contribution < -0.4 is 4.90 Å². The number of hydrogen-bond acceptors (Lipinski definition) is 5. The number of amides is 1. The fraction of sp³-hybridized carbons (Fsp3) is 0.588. The van der Waals surface area contributed by atoms with Gasteiger partial charge in [-0.3, -0.25) is 0 Å². The normalized spacial score (nSPS) is 21.7. The fourth-order valence-electron chi connectivity index (χ4n) is 3.12. The Morgan fingerprint density at radius 1 is 1.28 bits per heavy atom. The highest BCUT2D eigenvalue weighted by molar-refractivity contribution is 14.1. The lowest BCUT2D eigenvalue weighted by atomic mass is 10.1. The molecule has 1 aliphatic rings. The second-order valence-electron chi connectivity index (χ2n) is 7.54. The van der Waals surface area contributed by atoms with Gasteiger partial charge < -0.3 is 19.5 Å². The minimum atomic E-state index is -0.489. The molecule has 7 nitrogen and oxygen atoms in total. The van der Waals surface area contributed by atoms with E-state index in [1.54, 1.807) is 6.33 Å². The van der Waals surface area contributed by atoms with E-state index in [0.717, 1.165) is 20.4 Å². The molecule has 8 heteroatoms. The summed E-state index contributed by atoms with van der Waals surface area (Å²) in [5.74, 6) is 0.916. The van der Waals surface area contributed by atoms with E-state index in [0.29, 0.717) is 13.1 Å². The van der Waals surface area contributed by atoms with Crippen molar-refractivity contribution < 1.29 is 9.53 Å². The van der Waals surface area contributed by atoms with Crippen LogP contribution in [0.25, 0.3) is 11.0 Å². The number of ether oxygens (including phenoxy) is 1. The Balaban J connectivity index is 1.85. The zero-order chi connectivity index (χ0) is 18.4. The number of rotatable bonds is 1. The average molecular weight is 457 g/mol. The molecule has 25 heavy (non-hydrogen) atoms. The van der Waals surface area contributed by atoms with Crippen molar-refractivity contribution in [2.24, 2.45) is 0 Å². The van der Waals surface area contributed by atoms with Crippen molar-refractivity contribution >= 4 is 45.5 Å². The van der Waals surface area contributed by atoms with Gasteiger partial charge in [0.2, 0.25) is 0 Å². The molecular formula is C17H24IN5O2. The molecule has 1 saturated heterocycles. The Morgan fingerprint density at radius 3 is 2.68 bits per heavy atom. The van der Waals surface area contributed by atoms with Gasteiger partial charge in [-0.25, -0.2) is 14.8 Å². The molecule has 1 N–H and O–H groups in total. The third kappa shape index (κ3) is 3.68. The smallest absolute Gasteiger partial charge is 0.410 e. The van der Waals surface area contributed by atoms with Crippen molar-refractivity contribution in [2.45, 2.75) is 52.3 Å². The first-order valence-electron chi connectivity index (χ1n) is 8.41. The van der Waals surface area contributed by atoms with Crippen molar-refractivity contribution in [3.63, 3.8) is 0 Å². The van der Waals surface area contributed by atoms with E-state index in [9.17, 15) is 4.79 Å². The summed E-state index contributed by atoms with van der Waals surface area (Å²) in [6.45, 7) is 11.1. The lowest BCUT2D eigenvalue weighted by Gasteiger charge is -2.44. The third-order valence-electron chi connectivity index (χ3n) is 4.29. The second kappa shape index (κ2) is 6.62. The molecule has 1 fully saturated rings. The van der Waals surface area contributed by atoms with Crippen LogP contribution >= 0.6 is 22.6 Å². The van der Waals surface area contributed by atoms with Crippen LogP contribution in [0.2, 0.25) is 0 Å². The van der Waals surface area contributed by atoms with Gasteiger partial charge in [0.15, 0.2) is 0 Å². The van der Waals surface area contributed by atoms with E-state index in [-0.39, 0.29) is 18.2 Å². The second-order valence-corrected chi connectivity index (χ2v) is 8.70. The fourth-order valence-corrected chi connectivity index (χ4v) is 3.78. The maximum atomic E-state index is 12.5. The monoisotopic (exact) mass is 457 g/mol. The molecule has 3 rings (SSSR count). The molecule has 2 aromatic heterocycles. The molecular weight excluding hydrogens is 433 g/mol. The van der Waals surface area contributed by atoms with Crippen LogP contribution in [0.1, 0.15) is 34.6 Å². The molecule has 2 aromatic rings. The Hall–Kier alpha value is -1.58. The molecule has 1 aliphatic heterocycles. The molecule has 0 aromatic carbocycles. The number of piperazine rings is 1. The first-order valence-corrected chi connectivity index (χ1v) is 9.49. The standard InChI is InChI=1S/C17H24IN5O2/c1-10-8-23(16(24)25-17(3,4)5)11(2)7-22(10)15-13-12(18)6-19-14(13)20-9-21-15/h6,9-11H,7-8H2,1-5H3,(H,19,20,21)/t10-,11+/m0/s1. The quantitative estimate of drug-likeness (QED) is 0.665. The number of aromatic amines is 1. The minimum absolute atomic E-state index is 0.0349. The molecule has 0 spiro atoms. The molecule has 3 heterocycles. The number of carbonyl (C=O) groups is 1. The van der Waals surface area contributed by atoms with Crippen molar-refractivity contribution in [1.29, 1.82) is 0 Å². The summed E-state index contributed by atoms with van der Waals surface area (Å²) >= 11 is 2.29. The van der Waals surface area contributed by atoms with Crippen molar-refractivity contribution in [3.05, 3.63) is 16.1 Å². The van der Waals surface area contributed by atoms with E-state index >= 15 is 0 Å². The zero-order valence-corrected chi connectivity index (χ0v) is 17.4.